The van der Waals surface area contributed by atoms with Crippen LogP contribution in [0.15, 0.2) is 24.3 Å². The molecular formula is C19H23NO5. The van der Waals surface area contributed by atoms with E-state index in [4.69, 9.17) is 4.74 Å². The molecule has 3 rings (SSSR count). The van der Waals surface area contributed by atoms with Gasteiger partial charge >= 0.3 is 5.97 Å². The number of hydrogen-bond donors (Lipinski definition) is 1. The van der Waals surface area contributed by atoms with Crippen LogP contribution in [0.4, 0.5) is 0 Å². The number of carboxylic acids is 1. The van der Waals surface area contributed by atoms with Crippen LogP contribution in [-0.4, -0.2) is 46.4 Å². The molecule has 6 nitrogen and oxygen atoms in total. The number of carbonyl (C=O) groups is 3. The largest absolute Gasteiger partial charge is 0.484 e. The Morgan fingerprint density at radius 2 is 2.00 bits per heavy atom. The molecule has 1 amide bonds. The van der Waals surface area contributed by atoms with E-state index in [-0.39, 0.29) is 30.3 Å². The Balaban J connectivity index is 1.69. The van der Waals surface area contributed by atoms with E-state index in [9.17, 15) is 19.5 Å². The number of carbonyl (C=O) groups excluding carboxylic acids is 2. The second-order valence-corrected chi connectivity index (χ2v) is 6.88. The summed E-state index contributed by atoms with van der Waals surface area (Å²) < 4.78 is 5.54. The molecule has 1 saturated heterocycles. The summed E-state index contributed by atoms with van der Waals surface area (Å²) in [5.41, 5.74) is 0.516. The third-order valence-electron chi connectivity index (χ3n) is 5.26. The first-order chi connectivity index (χ1) is 12.0. The minimum Gasteiger partial charge on any atom is -0.484 e. The van der Waals surface area contributed by atoms with E-state index in [1.807, 2.05) is 0 Å². The molecule has 6 heteroatoms. The first-order valence-electron chi connectivity index (χ1n) is 8.75. The van der Waals surface area contributed by atoms with Crippen LogP contribution in [0.25, 0.3) is 0 Å². The molecule has 2 aliphatic rings. The Bertz CT molecular complexity index is 686. The predicted molar refractivity (Wildman–Crippen MR) is 90.6 cm³/mol. The van der Waals surface area contributed by atoms with Gasteiger partial charge < -0.3 is 14.7 Å². The van der Waals surface area contributed by atoms with Crippen LogP contribution in [0.2, 0.25) is 0 Å². The molecule has 25 heavy (non-hydrogen) atoms. The van der Waals surface area contributed by atoms with E-state index < -0.39 is 12.0 Å². The van der Waals surface area contributed by atoms with Crippen molar-refractivity contribution in [2.24, 2.45) is 5.92 Å². The van der Waals surface area contributed by atoms with Crippen LogP contribution in [0, 0.1) is 5.92 Å². The lowest BCUT2D eigenvalue weighted by atomic mass is 9.85. The lowest BCUT2D eigenvalue weighted by Crippen LogP contribution is -2.48. The van der Waals surface area contributed by atoms with Gasteiger partial charge in [-0.25, -0.2) is 4.79 Å². The van der Waals surface area contributed by atoms with Crippen molar-refractivity contribution in [3.8, 4) is 5.75 Å². The monoisotopic (exact) mass is 345 g/mol. The summed E-state index contributed by atoms with van der Waals surface area (Å²) >= 11 is 0. The van der Waals surface area contributed by atoms with Crippen LogP contribution in [0.3, 0.4) is 0 Å². The standard InChI is InChI=1S/C19H23NO5/c1-12(21)13-6-4-7-15(9-13)25-11-18(22)20-16-8-3-2-5-14(16)10-17(20)19(23)24/h4,6-7,9,14,16-17H,2-3,5,8,10-11H2,1H3,(H,23,24). The Labute approximate surface area is 146 Å². The van der Waals surface area contributed by atoms with Crippen molar-refractivity contribution >= 4 is 17.7 Å². The number of carboxylic acid groups (broad SMARTS) is 1. The van der Waals surface area contributed by atoms with Crippen molar-refractivity contribution < 1.29 is 24.2 Å². The molecule has 1 aromatic rings. The zero-order chi connectivity index (χ0) is 18.0. The third kappa shape index (κ3) is 3.67. The fourth-order valence-corrected chi connectivity index (χ4v) is 4.06. The second kappa shape index (κ2) is 7.25. The smallest absolute Gasteiger partial charge is 0.326 e. The van der Waals surface area contributed by atoms with Crippen molar-refractivity contribution in [3.05, 3.63) is 29.8 Å². The molecule has 0 radical (unpaired) electrons. The lowest BCUT2D eigenvalue weighted by molar-refractivity contribution is -0.150. The summed E-state index contributed by atoms with van der Waals surface area (Å²) in [6.07, 6.45) is 4.51. The first kappa shape index (κ1) is 17.5. The van der Waals surface area contributed by atoms with Gasteiger partial charge in [0.2, 0.25) is 0 Å². The zero-order valence-corrected chi connectivity index (χ0v) is 14.3. The third-order valence-corrected chi connectivity index (χ3v) is 5.26. The Morgan fingerprint density at radius 3 is 2.72 bits per heavy atom. The molecule has 1 aliphatic heterocycles. The van der Waals surface area contributed by atoms with Gasteiger partial charge in [0.15, 0.2) is 12.4 Å². The molecular weight excluding hydrogens is 322 g/mol. The minimum absolute atomic E-state index is 0.00880. The van der Waals surface area contributed by atoms with Gasteiger partial charge in [0.05, 0.1) is 0 Å². The zero-order valence-electron chi connectivity index (χ0n) is 14.3. The quantitative estimate of drug-likeness (QED) is 0.829. The Morgan fingerprint density at radius 1 is 1.24 bits per heavy atom. The van der Waals surface area contributed by atoms with Crippen LogP contribution >= 0.6 is 0 Å². The topological polar surface area (TPSA) is 83.9 Å². The molecule has 0 aromatic heterocycles. The molecule has 0 bridgehead atoms. The lowest BCUT2D eigenvalue weighted by Gasteiger charge is -2.32. The number of likely N-dealkylation sites (tertiary alicyclic amines) is 1. The van der Waals surface area contributed by atoms with Crippen LogP contribution in [0.1, 0.15) is 49.4 Å². The average Bonchev–Trinajstić information content (AvgIpc) is 3.00. The highest BCUT2D eigenvalue weighted by molar-refractivity contribution is 5.94. The molecule has 1 aromatic carbocycles. The van der Waals surface area contributed by atoms with Crippen molar-refractivity contribution in [3.63, 3.8) is 0 Å². The molecule has 3 unspecified atom stereocenters. The fraction of sp³-hybridized carbons (Fsp3) is 0.526. The van der Waals surface area contributed by atoms with E-state index in [1.54, 1.807) is 24.3 Å². The summed E-state index contributed by atoms with van der Waals surface area (Å²) in [6, 6.07) is 5.91. The van der Waals surface area contributed by atoms with Crippen molar-refractivity contribution in [2.75, 3.05) is 6.61 Å². The number of amides is 1. The van der Waals surface area contributed by atoms with Crippen LogP contribution < -0.4 is 4.74 Å². The van der Waals surface area contributed by atoms with Gasteiger partial charge in [0.1, 0.15) is 11.8 Å². The number of hydrogen-bond acceptors (Lipinski definition) is 4. The number of ether oxygens (including phenoxy) is 1. The molecule has 1 N–H and O–H groups in total. The molecule has 0 spiro atoms. The molecule has 2 fully saturated rings. The van der Waals surface area contributed by atoms with Crippen molar-refractivity contribution in [1.82, 2.24) is 4.90 Å². The van der Waals surface area contributed by atoms with Gasteiger partial charge in [-0.05, 0) is 44.2 Å². The minimum atomic E-state index is -0.943. The van der Waals surface area contributed by atoms with E-state index in [2.05, 4.69) is 0 Å². The maximum absolute atomic E-state index is 12.7. The summed E-state index contributed by atoms with van der Waals surface area (Å²) in [7, 11) is 0. The van der Waals surface area contributed by atoms with E-state index in [0.717, 1.165) is 25.7 Å². The highest BCUT2D eigenvalue weighted by atomic mass is 16.5. The summed E-state index contributed by atoms with van der Waals surface area (Å²) in [6.45, 7) is 1.25. The summed E-state index contributed by atoms with van der Waals surface area (Å²) in [4.78, 5) is 37.2. The Kier molecular flexibility index (Phi) is 5.06. The molecule has 1 saturated carbocycles. The van der Waals surface area contributed by atoms with Crippen LogP contribution in [0.5, 0.6) is 5.75 Å². The van der Waals surface area contributed by atoms with E-state index in [0.29, 0.717) is 17.7 Å². The molecule has 1 heterocycles. The SMILES string of the molecule is CC(=O)c1cccc(OCC(=O)N2C(C(=O)O)CC3CCCCC32)c1. The maximum Gasteiger partial charge on any atom is 0.326 e. The van der Waals surface area contributed by atoms with Gasteiger partial charge in [-0.3, -0.25) is 9.59 Å². The predicted octanol–water partition coefficient (Wildman–Crippen LogP) is 2.51. The maximum atomic E-state index is 12.7. The van der Waals surface area contributed by atoms with Gasteiger partial charge in [-0.15, -0.1) is 0 Å². The van der Waals surface area contributed by atoms with Crippen molar-refractivity contribution in [2.45, 2.75) is 51.1 Å². The van der Waals surface area contributed by atoms with E-state index >= 15 is 0 Å². The first-order valence-corrected chi connectivity index (χ1v) is 8.75. The summed E-state index contributed by atoms with van der Waals surface area (Å²) in [5.74, 6) is -0.601. The average molecular weight is 345 g/mol. The van der Waals surface area contributed by atoms with E-state index in [1.165, 1.54) is 11.8 Å². The number of ketones is 1. The number of nitrogens with zero attached hydrogens (tertiary/aromatic N) is 1. The number of aliphatic carboxylic acids is 1. The highest BCUT2D eigenvalue weighted by Gasteiger charge is 2.47. The molecule has 134 valence electrons. The van der Waals surface area contributed by atoms with Gasteiger partial charge in [-0.2, -0.15) is 0 Å². The second-order valence-electron chi connectivity index (χ2n) is 6.88. The number of Topliss-reactive ketones (excluding diaryl/α,β-unsaturated/α-hetero) is 1. The van der Waals surface area contributed by atoms with Gasteiger partial charge in [0, 0.05) is 11.6 Å². The number of fused-ring (bicyclic) bond motifs is 1. The molecule has 1 aliphatic carbocycles. The highest BCUT2D eigenvalue weighted by Crippen LogP contribution is 2.39. The Hall–Kier alpha value is -2.37. The van der Waals surface area contributed by atoms with Crippen LogP contribution in [-0.2, 0) is 9.59 Å². The number of rotatable bonds is 5. The van der Waals surface area contributed by atoms with Gasteiger partial charge in [0.25, 0.3) is 5.91 Å². The molecule has 3 atom stereocenters. The normalized spacial score (nSPS) is 25.3. The number of benzene rings is 1. The van der Waals surface area contributed by atoms with Gasteiger partial charge in [-0.1, -0.05) is 25.0 Å². The van der Waals surface area contributed by atoms with Crippen molar-refractivity contribution in [1.29, 1.82) is 0 Å². The fourth-order valence-electron chi connectivity index (χ4n) is 4.06. The summed E-state index contributed by atoms with van der Waals surface area (Å²) in [5, 5.41) is 9.49.